The molecule has 4 heteroatoms. The molecule has 0 spiro atoms. The Hall–Kier alpha value is -2.88. The molecule has 2 atom stereocenters. The summed E-state index contributed by atoms with van der Waals surface area (Å²) in [5, 5.41) is 0. The number of rotatable bonds is 7. The van der Waals surface area contributed by atoms with Crippen LogP contribution in [0.3, 0.4) is 0 Å². The molecule has 4 nitrogen and oxygen atoms in total. The van der Waals surface area contributed by atoms with Gasteiger partial charge in [0.1, 0.15) is 11.6 Å². The average Bonchev–Trinajstić information content (AvgIpc) is 2.70. The first-order valence-corrected chi connectivity index (χ1v) is 10.1. The molecule has 2 aromatic rings. The molecule has 0 aliphatic rings. The monoisotopic (exact) mass is 406 g/mol. The Labute approximate surface area is 178 Å². The molecule has 0 aliphatic carbocycles. The number of hydrogen-bond acceptors (Lipinski definition) is 4. The molecule has 2 rings (SSSR count). The Kier molecular flexibility index (Phi) is 6.91. The fourth-order valence-electron chi connectivity index (χ4n) is 3.34. The van der Waals surface area contributed by atoms with E-state index in [1.54, 1.807) is 102 Å². The van der Waals surface area contributed by atoms with Crippen LogP contribution in [0.15, 0.2) is 60.7 Å². The molecule has 2 unspecified atom stereocenters. The van der Waals surface area contributed by atoms with Crippen molar-refractivity contribution in [1.29, 1.82) is 0 Å². The largest absolute Gasteiger partial charge is 0.298 e. The molecule has 0 aromatic heterocycles. The van der Waals surface area contributed by atoms with Crippen LogP contribution in [0.5, 0.6) is 0 Å². The Bertz CT molecular complexity index is 849. The zero-order chi connectivity index (χ0) is 22.7. The fourth-order valence-corrected chi connectivity index (χ4v) is 3.34. The molecular formula is C26H30O4. The summed E-state index contributed by atoms with van der Waals surface area (Å²) >= 11 is 0. The van der Waals surface area contributed by atoms with E-state index < -0.39 is 45.8 Å². The second-order valence-electron chi connectivity index (χ2n) is 9.64. The quantitative estimate of drug-likeness (QED) is 0.467. The van der Waals surface area contributed by atoms with Gasteiger partial charge in [-0.05, 0) is 0 Å². The molecule has 0 aliphatic heterocycles. The summed E-state index contributed by atoms with van der Waals surface area (Å²) in [5.74, 6) is -4.59. The lowest BCUT2D eigenvalue weighted by Crippen LogP contribution is -2.47. The van der Waals surface area contributed by atoms with E-state index in [1.165, 1.54) is 0 Å². The van der Waals surface area contributed by atoms with Crippen molar-refractivity contribution in [3.8, 4) is 0 Å². The molecule has 0 fully saturated rings. The molecule has 0 radical (unpaired) electrons. The Morgan fingerprint density at radius 2 is 0.800 bits per heavy atom. The van der Waals surface area contributed by atoms with Gasteiger partial charge in [-0.1, -0.05) is 102 Å². The number of carbonyl (C=O) groups excluding carboxylic acids is 4. The fraction of sp³-hybridized carbons (Fsp3) is 0.385. The first-order chi connectivity index (χ1) is 13.9. The van der Waals surface area contributed by atoms with Crippen LogP contribution >= 0.6 is 0 Å². The molecule has 158 valence electrons. The Morgan fingerprint density at radius 3 is 1.03 bits per heavy atom. The van der Waals surface area contributed by atoms with Crippen molar-refractivity contribution in [2.45, 2.75) is 41.5 Å². The third-order valence-electron chi connectivity index (χ3n) is 5.06. The van der Waals surface area contributed by atoms with Gasteiger partial charge in [-0.25, -0.2) is 0 Å². The van der Waals surface area contributed by atoms with Crippen LogP contribution in [-0.4, -0.2) is 23.1 Å². The van der Waals surface area contributed by atoms with Gasteiger partial charge in [-0.3, -0.25) is 19.2 Å². The van der Waals surface area contributed by atoms with Crippen LogP contribution < -0.4 is 0 Å². The average molecular weight is 407 g/mol. The van der Waals surface area contributed by atoms with E-state index in [4.69, 9.17) is 0 Å². The second kappa shape index (κ2) is 8.86. The van der Waals surface area contributed by atoms with Crippen LogP contribution in [0.4, 0.5) is 0 Å². The zero-order valence-corrected chi connectivity index (χ0v) is 18.6. The molecule has 0 bridgehead atoms. The molecule has 0 N–H and O–H groups in total. The van der Waals surface area contributed by atoms with E-state index in [1.807, 2.05) is 0 Å². The van der Waals surface area contributed by atoms with E-state index in [2.05, 4.69) is 0 Å². The molecule has 2 aromatic carbocycles. The Morgan fingerprint density at radius 1 is 0.533 bits per heavy atom. The van der Waals surface area contributed by atoms with Crippen molar-refractivity contribution in [2.24, 2.45) is 22.7 Å². The lowest BCUT2D eigenvalue weighted by Gasteiger charge is -2.32. The SMILES string of the molecule is CC(C)(C)C(=O)C(C(=O)c1ccccc1)C(C(=O)c1ccccc1)C(=O)C(C)(C)C. The van der Waals surface area contributed by atoms with Gasteiger partial charge in [-0.15, -0.1) is 0 Å². The third kappa shape index (κ3) is 5.18. The maximum Gasteiger partial charge on any atom is 0.174 e. The van der Waals surface area contributed by atoms with Crippen LogP contribution in [0.1, 0.15) is 62.3 Å². The minimum Gasteiger partial charge on any atom is -0.298 e. The number of carbonyl (C=O) groups is 4. The number of ketones is 4. The summed E-state index contributed by atoms with van der Waals surface area (Å²) in [6, 6.07) is 16.8. The van der Waals surface area contributed by atoms with Gasteiger partial charge < -0.3 is 0 Å². The van der Waals surface area contributed by atoms with Crippen molar-refractivity contribution in [3.63, 3.8) is 0 Å². The first kappa shape index (κ1) is 23.4. The van der Waals surface area contributed by atoms with Gasteiger partial charge in [0.2, 0.25) is 0 Å². The van der Waals surface area contributed by atoms with Gasteiger partial charge >= 0.3 is 0 Å². The lowest BCUT2D eigenvalue weighted by molar-refractivity contribution is -0.137. The topological polar surface area (TPSA) is 68.3 Å². The maximum atomic E-state index is 13.5. The van der Waals surface area contributed by atoms with E-state index >= 15 is 0 Å². The second-order valence-corrected chi connectivity index (χ2v) is 9.64. The van der Waals surface area contributed by atoms with Gasteiger partial charge in [-0.2, -0.15) is 0 Å². The number of Topliss-reactive ketones (excluding diaryl/α,β-unsaturated/α-hetero) is 4. The molecule has 30 heavy (non-hydrogen) atoms. The highest BCUT2D eigenvalue weighted by Gasteiger charge is 2.49. The molecule has 0 amide bonds. The van der Waals surface area contributed by atoms with Gasteiger partial charge in [0.15, 0.2) is 11.6 Å². The zero-order valence-electron chi connectivity index (χ0n) is 18.6. The minimum atomic E-state index is -1.38. The van der Waals surface area contributed by atoms with Crippen LogP contribution in [0.25, 0.3) is 0 Å². The normalized spacial score (nSPS) is 13.9. The molecule has 0 saturated carbocycles. The van der Waals surface area contributed by atoms with Crippen molar-refractivity contribution in [2.75, 3.05) is 0 Å². The van der Waals surface area contributed by atoms with Gasteiger partial charge in [0.05, 0.1) is 11.8 Å². The first-order valence-electron chi connectivity index (χ1n) is 10.1. The highest BCUT2D eigenvalue weighted by atomic mass is 16.2. The lowest BCUT2D eigenvalue weighted by atomic mass is 9.66. The summed E-state index contributed by atoms with van der Waals surface area (Å²) in [7, 11) is 0. The van der Waals surface area contributed by atoms with Crippen LogP contribution in [0.2, 0.25) is 0 Å². The van der Waals surface area contributed by atoms with Crippen molar-refractivity contribution >= 4 is 23.1 Å². The van der Waals surface area contributed by atoms with E-state index in [-0.39, 0.29) is 0 Å². The van der Waals surface area contributed by atoms with Gasteiger partial charge in [0, 0.05) is 22.0 Å². The number of hydrogen-bond donors (Lipinski definition) is 0. The third-order valence-corrected chi connectivity index (χ3v) is 5.06. The van der Waals surface area contributed by atoms with E-state index in [0.29, 0.717) is 11.1 Å². The molecule has 0 saturated heterocycles. The summed E-state index contributed by atoms with van der Waals surface area (Å²) in [6.45, 7) is 10.2. The van der Waals surface area contributed by atoms with Crippen LogP contribution in [0, 0.1) is 22.7 Å². The van der Waals surface area contributed by atoms with E-state index in [0.717, 1.165) is 0 Å². The number of benzene rings is 2. The summed E-state index contributed by atoms with van der Waals surface area (Å²) in [5.41, 5.74) is -1.18. The van der Waals surface area contributed by atoms with Crippen LogP contribution in [-0.2, 0) is 9.59 Å². The van der Waals surface area contributed by atoms with Gasteiger partial charge in [0.25, 0.3) is 0 Å². The Balaban J connectivity index is 2.71. The minimum absolute atomic E-state index is 0.313. The predicted molar refractivity (Wildman–Crippen MR) is 117 cm³/mol. The summed E-state index contributed by atoms with van der Waals surface area (Å²) in [4.78, 5) is 54.0. The maximum absolute atomic E-state index is 13.5. The summed E-state index contributed by atoms with van der Waals surface area (Å²) < 4.78 is 0. The smallest absolute Gasteiger partial charge is 0.174 e. The molecule has 0 heterocycles. The highest BCUT2D eigenvalue weighted by molar-refractivity contribution is 6.22. The highest BCUT2D eigenvalue weighted by Crippen LogP contribution is 2.35. The van der Waals surface area contributed by atoms with Crippen molar-refractivity contribution in [3.05, 3.63) is 71.8 Å². The summed E-state index contributed by atoms with van der Waals surface area (Å²) in [6.07, 6.45) is 0. The van der Waals surface area contributed by atoms with Crippen molar-refractivity contribution in [1.82, 2.24) is 0 Å². The predicted octanol–water partition coefficient (Wildman–Crippen LogP) is 5.22. The van der Waals surface area contributed by atoms with Crippen molar-refractivity contribution < 1.29 is 19.2 Å². The standard InChI is InChI=1S/C26H30O4/c1-25(2,3)23(29)19(21(27)17-13-9-7-10-14-17)20(24(30)26(4,5)6)22(28)18-15-11-8-12-16-18/h7-16,19-20H,1-6H3. The molecular weight excluding hydrogens is 376 g/mol. The van der Waals surface area contributed by atoms with E-state index in [9.17, 15) is 19.2 Å².